The lowest BCUT2D eigenvalue weighted by Gasteiger charge is -2.10. The number of rotatable bonds is 9. The van der Waals surface area contributed by atoms with Crippen LogP contribution >= 0.6 is 11.3 Å². The number of fused-ring (bicyclic) bond motifs is 1. The van der Waals surface area contributed by atoms with Gasteiger partial charge in [0.15, 0.2) is 0 Å². The van der Waals surface area contributed by atoms with E-state index in [-0.39, 0.29) is 6.10 Å². The van der Waals surface area contributed by atoms with Gasteiger partial charge in [-0.1, -0.05) is 51.9 Å². The van der Waals surface area contributed by atoms with Crippen LogP contribution in [0.2, 0.25) is 0 Å². The third-order valence-corrected chi connectivity index (χ3v) is 4.64. The Kier molecular flexibility index (Phi) is 6.48. The summed E-state index contributed by atoms with van der Waals surface area (Å²) in [6.45, 7) is 2.24. The summed E-state index contributed by atoms with van der Waals surface area (Å²) < 4.78 is 1.17. The van der Waals surface area contributed by atoms with E-state index in [9.17, 15) is 5.11 Å². The number of thiophene rings is 1. The maximum Gasteiger partial charge on any atom is 0.0809 e. The first-order chi connectivity index (χ1) is 9.81. The highest BCUT2D eigenvalue weighted by Gasteiger charge is 2.09. The highest BCUT2D eigenvalue weighted by atomic mass is 32.1. The van der Waals surface area contributed by atoms with Crippen LogP contribution < -0.4 is 0 Å². The second-order valence-corrected chi connectivity index (χ2v) is 6.45. The average molecular weight is 291 g/mol. The molecule has 0 fully saturated rings. The summed E-state index contributed by atoms with van der Waals surface area (Å²) >= 11 is 1.68. The van der Waals surface area contributed by atoms with Crippen LogP contribution in [0.3, 0.4) is 0 Å². The molecule has 0 aromatic carbocycles. The molecule has 0 aliphatic heterocycles. The standard InChI is InChI=1S/C17H25NOS/c1-2-3-4-5-6-7-8-9-16(19)14-12-17-15(18-13-14)10-11-20-17/h10-13,16,19H,2-9H2,1H3. The number of aromatic nitrogens is 1. The summed E-state index contributed by atoms with van der Waals surface area (Å²) in [4.78, 5) is 4.39. The summed E-state index contributed by atoms with van der Waals surface area (Å²) in [7, 11) is 0. The molecule has 0 aliphatic rings. The Labute approximate surface area is 125 Å². The largest absolute Gasteiger partial charge is 0.388 e. The number of unbranched alkanes of at least 4 members (excludes halogenated alkanes) is 6. The summed E-state index contributed by atoms with van der Waals surface area (Å²) in [5, 5.41) is 12.3. The molecule has 2 aromatic rings. The molecule has 2 rings (SSSR count). The normalized spacial score (nSPS) is 12.9. The third-order valence-electron chi connectivity index (χ3n) is 3.79. The van der Waals surface area contributed by atoms with Gasteiger partial charge < -0.3 is 5.11 Å². The van der Waals surface area contributed by atoms with Crippen molar-refractivity contribution in [2.45, 2.75) is 64.4 Å². The Morgan fingerprint density at radius 2 is 1.90 bits per heavy atom. The average Bonchev–Trinajstić information content (AvgIpc) is 2.93. The molecule has 1 atom stereocenters. The minimum absolute atomic E-state index is 0.357. The van der Waals surface area contributed by atoms with Gasteiger partial charge in [0.1, 0.15) is 0 Å². The van der Waals surface area contributed by atoms with Crippen LogP contribution in [-0.4, -0.2) is 10.1 Å². The Hall–Kier alpha value is -0.930. The molecular formula is C17H25NOS. The molecule has 0 amide bonds. The van der Waals surface area contributed by atoms with Crippen molar-refractivity contribution in [2.75, 3.05) is 0 Å². The zero-order valence-electron chi connectivity index (χ0n) is 12.3. The summed E-state index contributed by atoms with van der Waals surface area (Å²) in [5.41, 5.74) is 1.99. The predicted molar refractivity (Wildman–Crippen MR) is 87.2 cm³/mol. The lowest BCUT2D eigenvalue weighted by atomic mass is 10.0. The molecular weight excluding hydrogens is 266 g/mol. The van der Waals surface area contributed by atoms with Gasteiger partial charge in [0.25, 0.3) is 0 Å². The first-order valence-electron chi connectivity index (χ1n) is 7.82. The van der Waals surface area contributed by atoms with Crippen molar-refractivity contribution in [1.82, 2.24) is 4.98 Å². The van der Waals surface area contributed by atoms with E-state index in [4.69, 9.17) is 0 Å². The zero-order chi connectivity index (χ0) is 14.2. The molecule has 0 saturated heterocycles. The molecule has 0 bridgehead atoms. The molecule has 2 nitrogen and oxygen atoms in total. The molecule has 1 N–H and O–H groups in total. The number of aliphatic hydroxyl groups is 1. The van der Waals surface area contributed by atoms with Crippen LogP contribution in [0.25, 0.3) is 10.2 Å². The maximum atomic E-state index is 10.2. The predicted octanol–water partition coefficient (Wildman–Crippen LogP) is 5.47. The minimum Gasteiger partial charge on any atom is -0.388 e. The van der Waals surface area contributed by atoms with Gasteiger partial charge in [-0.2, -0.15) is 0 Å². The van der Waals surface area contributed by atoms with E-state index in [0.717, 1.165) is 23.9 Å². The van der Waals surface area contributed by atoms with E-state index in [1.165, 1.54) is 43.2 Å². The molecule has 3 heteroatoms. The van der Waals surface area contributed by atoms with Crippen molar-refractivity contribution in [2.24, 2.45) is 0 Å². The van der Waals surface area contributed by atoms with Crippen LogP contribution in [0.5, 0.6) is 0 Å². The molecule has 0 radical (unpaired) electrons. The van der Waals surface area contributed by atoms with Gasteiger partial charge in [-0.05, 0) is 23.9 Å². The fourth-order valence-electron chi connectivity index (χ4n) is 2.51. The molecule has 2 aromatic heterocycles. The van der Waals surface area contributed by atoms with E-state index in [2.05, 4.69) is 18.0 Å². The second kappa shape index (κ2) is 8.38. The minimum atomic E-state index is -0.357. The highest BCUT2D eigenvalue weighted by Crippen LogP contribution is 2.25. The van der Waals surface area contributed by atoms with Gasteiger partial charge in [0.05, 0.1) is 16.3 Å². The Morgan fingerprint density at radius 3 is 2.70 bits per heavy atom. The number of aliphatic hydroxyl groups excluding tert-OH is 1. The summed E-state index contributed by atoms with van der Waals surface area (Å²) in [6, 6.07) is 4.10. The quantitative estimate of drug-likeness (QED) is 0.621. The van der Waals surface area contributed by atoms with Crippen molar-refractivity contribution < 1.29 is 5.11 Å². The lowest BCUT2D eigenvalue weighted by molar-refractivity contribution is 0.163. The fraction of sp³-hybridized carbons (Fsp3) is 0.588. The Morgan fingerprint density at radius 1 is 1.15 bits per heavy atom. The van der Waals surface area contributed by atoms with Gasteiger partial charge in [-0.25, -0.2) is 0 Å². The zero-order valence-corrected chi connectivity index (χ0v) is 13.2. The fourth-order valence-corrected chi connectivity index (χ4v) is 3.29. The van der Waals surface area contributed by atoms with Crippen LogP contribution in [0, 0.1) is 0 Å². The van der Waals surface area contributed by atoms with Gasteiger partial charge in [0, 0.05) is 11.8 Å². The van der Waals surface area contributed by atoms with E-state index in [0.29, 0.717) is 0 Å². The van der Waals surface area contributed by atoms with Crippen molar-refractivity contribution >= 4 is 21.6 Å². The maximum absolute atomic E-state index is 10.2. The van der Waals surface area contributed by atoms with Crippen molar-refractivity contribution in [3.05, 3.63) is 29.3 Å². The highest BCUT2D eigenvalue weighted by molar-refractivity contribution is 7.17. The van der Waals surface area contributed by atoms with Gasteiger partial charge >= 0.3 is 0 Å². The first-order valence-corrected chi connectivity index (χ1v) is 8.70. The van der Waals surface area contributed by atoms with Gasteiger partial charge in [0.2, 0.25) is 0 Å². The third kappa shape index (κ3) is 4.57. The summed E-state index contributed by atoms with van der Waals surface area (Å²) in [6.07, 6.45) is 11.3. The van der Waals surface area contributed by atoms with Gasteiger partial charge in [-0.3, -0.25) is 4.98 Å². The molecule has 0 saturated carbocycles. The molecule has 0 aliphatic carbocycles. The van der Waals surface area contributed by atoms with E-state index in [1.807, 2.05) is 17.6 Å². The number of nitrogens with zero attached hydrogens (tertiary/aromatic N) is 1. The smallest absolute Gasteiger partial charge is 0.0809 e. The second-order valence-electron chi connectivity index (χ2n) is 5.50. The van der Waals surface area contributed by atoms with Crippen LogP contribution in [0.15, 0.2) is 23.7 Å². The van der Waals surface area contributed by atoms with E-state index >= 15 is 0 Å². The SMILES string of the molecule is CCCCCCCCCC(O)c1cnc2ccsc2c1. The van der Waals surface area contributed by atoms with Crippen molar-refractivity contribution in [3.63, 3.8) is 0 Å². The first kappa shape index (κ1) is 15.5. The number of hydrogen-bond acceptors (Lipinski definition) is 3. The topological polar surface area (TPSA) is 33.1 Å². The summed E-state index contributed by atoms with van der Waals surface area (Å²) in [5.74, 6) is 0. The van der Waals surface area contributed by atoms with Crippen LogP contribution in [0.1, 0.15) is 70.0 Å². The van der Waals surface area contributed by atoms with Crippen LogP contribution in [-0.2, 0) is 0 Å². The van der Waals surface area contributed by atoms with Crippen molar-refractivity contribution in [1.29, 1.82) is 0 Å². The molecule has 1 unspecified atom stereocenters. The molecule has 110 valence electrons. The van der Waals surface area contributed by atoms with E-state index in [1.54, 1.807) is 11.3 Å². The molecule has 20 heavy (non-hydrogen) atoms. The van der Waals surface area contributed by atoms with Gasteiger partial charge in [-0.15, -0.1) is 11.3 Å². The number of hydrogen-bond donors (Lipinski definition) is 1. The number of pyridine rings is 1. The lowest BCUT2D eigenvalue weighted by Crippen LogP contribution is -1.98. The van der Waals surface area contributed by atoms with Crippen molar-refractivity contribution in [3.8, 4) is 0 Å². The monoisotopic (exact) mass is 291 g/mol. The Balaban J connectivity index is 1.70. The van der Waals surface area contributed by atoms with E-state index < -0.39 is 0 Å². The Bertz CT molecular complexity index is 508. The van der Waals surface area contributed by atoms with Crippen LogP contribution in [0.4, 0.5) is 0 Å². The molecule has 0 spiro atoms. The molecule has 2 heterocycles.